The van der Waals surface area contributed by atoms with Crippen molar-refractivity contribution in [1.82, 2.24) is 5.32 Å². The molecule has 2 amide bonds. The van der Waals surface area contributed by atoms with E-state index in [1.807, 2.05) is 37.3 Å². The highest BCUT2D eigenvalue weighted by Gasteiger charge is 2.33. The monoisotopic (exact) mass is 601 g/mol. The normalized spacial score (nSPS) is 14.2. The maximum Gasteiger partial charge on any atom is 0.265 e. The standard InChI is InChI=1S/C32H31N3O7S/c1-2-40-25-14-12-24(13-15-25)34-43(38,39)27-18-16-26(17-19-27)41-22-31(36)35-21-30(42-29-11-7-6-10-28(29)35)32(37)33-20-23-8-4-3-5-9-23/h3-19,30,34H,2,20-22H2,1H3,(H,33,37)/t30-/m0/s1. The van der Waals surface area contributed by atoms with Gasteiger partial charge in [-0.05, 0) is 73.2 Å². The third kappa shape index (κ3) is 7.44. The maximum absolute atomic E-state index is 13.3. The summed E-state index contributed by atoms with van der Waals surface area (Å²) in [5, 5.41) is 2.86. The summed E-state index contributed by atoms with van der Waals surface area (Å²) < 4.78 is 45.2. The SMILES string of the molecule is CCOc1ccc(NS(=O)(=O)c2ccc(OCC(=O)N3C[C@@H](C(=O)NCc4ccccc4)Oc4ccccc43)cc2)cc1. The molecule has 1 aliphatic rings. The number of fused-ring (bicyclic) bond motifs is 1. The summed E-state index contributed by atoms with van der Waals surface area (Å²) in [6, 6.07) is 28.8. The molecule has 0 aromatic heterocycles. The fourth-order valence-electron chi connectivity index (χ4n) is 4.44. The molecule has 0 aliphatic carbocycles. The van der Waals surface area contributed by atoms with Gasteiger partial charge in [0, 0.05) is 12.2 Å². The van der Waals surface area contributed by atoms with E-state index in [4.69, 9.17) is 14.2 Å². The first-order valence-electron chi connectivity index (χ1n) is 13.7. The van der Waals surface area contributed by atoms with Crippen molar-refractivity contribution in [3.63, 3.8) is 0 Å². The van der Waals surface area contributed by atoms with Gasteiger partial charge >= 0.3 is 0 Å². The molecular formula is C32H31N3O7S. The average molecular weight is 602 g/mol. The quantitative estimate of drug-likeness (QED) is 0.262. The topological polar surface area (TPSA) is 123 Å². The Labute approximate surface area is 250 Å². The van der Waals surface area contributed by atoms with Crippen LogP contribution in [0, 0.1) is 0 Å². The van der Waals surface area contributed by atoms with Crippen molar-refractivity contribution >= 4 is 33.2 Å². The number of benzene rings is 4. The van der Waals surface area contributed by atoms with E-state index in [9.17, 15) is 18.0 Å². The van der Waals surface area contributed by atoms with E-state index in [-0.39, 0.29) is 29.9 Å². The molecule has 11 heteroatoms. The summed E-state index contributed by atoms with van der Waals surface area (Å²) in [4.78, 5) is 27.7. The zero-order valence-electron chi connectivity index (χ0n) is 23.4. The Morgan fingerprint density at radius 2 is 1.51 bits per heavy atom. The van der Waals surface area contributed by atoms with Crippen molar-refractivity contribution in [3.8, 4) is 17.2 Å². The maximum atomic E-state index is 13.3. The lowest BCUT2D eigenvalue weighted by Crippen LogP contribution is -2.51. The second-order valence-corrected chi connectivity index (χ2v) is 11.3. The van der Waals surface area contributed by atoms with Crippen molar-refractivity contribution in [3.05, 3.63) is 109 Å². The first-order chi connectivity index (χ1) is 20.8. The molecule has 4 aromatic carbocycles. The van der Waals surface area contributed by atoms with Crippen LogP contribution < -0.4 is 29.1 Å². The number of carbonyl (C=O) groups excluding carboxylic acids is 2. The summed E-state index contributed by atoms with van der Waals surface area (Å²) in [5.41, 5.74) is 1.87. The summed E-state index contributed by atoms with van der Waals surface area (Å²) in [5.74, 6) is 0.644. The second-order valence-electron chi connectivity index (χ2n) is 9.60. The first-order valence-corrected chi connectivity index (χ1v) is 15.2. The predicted octanol–water partition coefficient (Wildman–Crippen LogP) is 4.38. The number of ether oxygens (including phenoxy) is 3. The number of anilines is 2. The lowest BCUT2D eigenvalue weighted by atomic mass is 10.1. The van der Waals surface area contributed by atoms with Gasteiger partial charge in [-0.1, -0.05) is 42.5 Å². The van der Waals surface area contributed by atoms with Crippen molar-refractivity contribution in [2.75, 3.05) is 29.4 Å². The number of amides is 2. The molecule has 1 atom stereocenters. The molecule has 222 valence electrons. The fourth-order valence-corrected chi connectivity index (χ4v) is 5.50. The molecule has 0 fully saturated rings. The molecule has 2 N–H and O–H groups in total. The molecule has 1 aliphatic heterocycles. The largest absolute Gasteiger partial charge is 0.494 e. The molecule has 4 aromatic rings. The molecule has 0 saturated heterocycles. The van der Waals surface area contributed by atoms with Crippen LogP contribution in [-0.2, 0) is 26.2 Å². The minimum absolute atomic E-state index is 0.00816. The Morgan fingerprint density at radius 1 is 0.860 bits per heavy atom. The van der Waals surface area contributed by atoms with E-state index in [0.29, 0.717) is 41.8 Å². The molecule has 0 saturated carbocycles. The van der Waals surface area contributed by atoms with Gasteiger partial charge in [0.1, 0.15) is 17.2 Å². The number of carbonyl (C=O) groups is 2. The van der Waals surface area contributed by atoms with E-state index in [2.05, 4.69) is 10.0 Å². The predicted molar refractivity (Wildman–Crippen MR) is 162 cm³/mol. The summed E-state index contributed by atoms with van der Waals surface area (Å²) >= 11 is 0. The van der Waals surface area contributed by atoms with Gasteiger partial charge in [0.25, 0.3) is 21.8 Å². The number of nitrogens with zero attached hydrogens (tertiary/aromatic N) is 1. The summed E-state index contributed by atoms with van der Waals surface area (Å²) in [6.07, 6.45) is -0.907. The van der Waals surface area contributed by atoms with E-state index in [1.54, 1.807) is 48.5 Å². The Hall–Kier alpha value is -5.03. The van der Waals surface area contributed by atoms with Crippen LogP contribution in [0.15, 0.2) is 108 Å². The Kier molecular flexibility index (Phi) is 9.11. The Balaban J connectivity index is 1.20. The zero-order chi connectivity index (χ0) is 30.2. The minimum atomic E-state index is -3.85. The van der Waals surface area contributed by atoms with Crippen molar-refractivity contribution < 1.29 is 32.2 Å². The molecule has 0 radical (unpaired) electrons. The van der Waals surface area contributed by atoms with Crippen LogP contribution in [0.1, 0.15) is 12.5 Å². The molecule has 10 nitrogen and oxygen atoms in total. The zero-order valence-corrected chi connectivity index (χ0v) is 24.3. The number of hydrogen-bond donors (Lipinski definition) is 2. The number of sulfonamides is 1. The lowest BCUT2D eigenvalue weighted by Gasteiger charge is -2.34. The van der Waals surface area contributed by atoms with Crippen LogP contribution in [0.4, 0.5) is 11.4 Å². The summed E-state index contributed by atoms with van der Waals surface area (Å²) in [6.45, 7) is 2.39. The Morgan fingerprint density at radius 3 is 2.23 bits per heavy atom. The van der Waals surface area contributed by atoms with Crippen LogP contribution in [-0.4, -0.2) is 46.1 Å². The molecule has 1 heterocycles. The fraction of sp³-hybridized carbons (Fsp3) is 0.188. The molecular weight excluding hydrogens is 570 g/mol. The van der Waals surface area contributed by atoms with Gasteiger partial charge in [0.2, 0.25) is 0 Å². The molecule has 5 rings (SSSR count). The highest BCUT2D eigenvalue weighted by Crippen LogP contribution is 2.33. The van der Waals surface area contributed by atoms with Gasteiger partial charge in [-0.25, -0.2) is 8.42 Å². The van der Waals surface area contributed by atoms with Crippen molar-refractivity contribution in [2.24, 2.45) is 0 Å². The lowest BCUT2D eigenvalue weighted by molar-refractivity contribution is -0.128. The highest BCUT2D eigenvalue weighted by molar-refractivity contribution is 7.92. The van der Waals surface area contributed by atoms with Crippen LogP contribution in [0.2, 0.25) is 0 Å². The van der Waals surface area contributed by atoms with E-state index >= 15 is 0 Å². The van der Waals surface area contributed by atoms with Crippen LogP contribution >= 0.6 is 0 Å². The minimum Gasteiger partial charge on any atom is -0.494 e. The summed E-state index contributed by atoms with van der Waals surface area (Å²) in [7, 11) is -3.85. The second kappa shape index (κ2) is 13.3. The highest BCUT2D eigenvalue weighted by atomic mass is 32.2. The van der Waals surface area contributed by atoms with Gasteiger partial charge in [0.15, 0.2) is 12.7 Å². The number of nitrogens with one attached hydrogen (secondary N) is 2. The first kappa shape index (κ1) is 29.5. The number of para-hydroxylation sites is 2. The average Bonchev–Trinajstić information content (AvgIpc) is 3.03. The molecule has 0 bridgehead atoms. The third-order valence-electron chi connectivity index (χ3n) is 6.59. The van der Waals surface area contributed by atoms with E-state index < -0.39 is 16.1 Å². The van der Waals surface area contributed by atoms with Gasteiger partial charge in [-0.15, -0.1) is 0 Å². The van der Waals surface area contributed by atoms with Gasteiger partial charge in [0.05, 0.1) is 23.7 Å². The molecule has 43 heavy (non-hydrogen) atoms. The molecule has 0 spiro atoms. The molecule has 0 unspecified atom stereocenters. The van der Waals surface area contributed by atoms with Crippen molar-refractivity contribution in [1.29, 1.82) is 0 Å². The van der Waals surface area contributed by atoms with Crippen molar-refractivity contribution in [2.45, 2.75) is 24.5 Å². The van der Waals surface area contributed by atoms with E-state index in [1.165, 1.54) is 29.2 Å². The van der Waals surface area contributed by atoms with Crippen LogP contribution in [0.3, 0.4) is 0 Å². The van der Waals surface area contributed by atoms with Crippen LogP contribution in [0.25, 0.3) is 0 Å². The van der Waals surface area contributed by atoms with Crippen LogP contribution in [0.5, 0.6) is 17.2 Å². The van der Waals surface area contributed by atoms with Gasteiger partial charge in [-0.3, -0.25) is 14.3 Å². The third-order valence-corrected chi connectivity index (χ3v) is 7.99. The van der Waals surface area contributed by atoms with Gasteiger partial charge < -0.3 is 24.4 Å². The van der Waals surface area contributed by atoms with E-state index in [0.717, 1.165) is 5.56 Å². The number of rotatable bonds is 11. The smallest absolute Gasteiger partial charge is 0.265 e. The Bertz CT molecular complexity index is 1660. The van der Waals surface area contributed by atoms with Gasteiger partial charge in [-0.2, -0.15) is 0 Å². The number of hydrogen-bond acceptors (Lipinski definition) is 7.